The zero-order valence-corrected chi connectivity index (χ0v) is 30.2. The van der Waals surface area contributed by atoms with Crippen molar-refractivity contribution < 1.29 is 130 Å². The summed E-state index contributed by atoms with van der Waals surface area (Å²) < 4.78 is 10.8. The van der Waals surface area contributed by atoms with Crippen molar-refractivity contribution in [3.05, 3.63) is 22.5 Å². The minimum absolute atomic E-state index is 0. The Morgan fingerprint density at radius 1 is 0.762 bits per heavy atom. The third-order valence-corrected chi connectivity index (χ3v) is 9.68. The van der Waals surface area contributed by atoms with Gasteiger partial charge in [0.2, 0.25) is 11.8 Å². The second-order valence-electron chi connectivity index (χ2n) is 11.6. The minimum Gasteiger partial charge on any atom is -0.543 e. The maximum atomic E-state index is 12.1. The molecule has 0 aromatic heterocycles. The third kappa shape index (κ3) is 5.57. The smallest absolute Gasteiger partial charge is 0.543 e. The average molecular weight is 623 g/mol. The first-order valence-corrected chi connectivity index (χ1v) is 14.0. The summed E-state index contributed by atoms with van der Waals surface area (Å²) in [4.78, 5) is 49.8. The number of aliphatic hydroxyl groups excluding tert-OH is 2. The van der Waals surface area contributed by atoms with Gasteiger partial charge in [-0.1, -0.05) is 0 Å². The van der Waals surface area contributed by atoms with E-state index in [1.165, 1.54) is 9.80 Å². The summed E-state index contributed by atoms with van der Waals surface area (Å²) in [7, 11) is 3.10. The Labute approximate surface area is 309 Å². The van der Waals surface area contributed by atoms with Crippen LogP contribution in [-0.2, 0) is 28.7 Å². The molecule has 12 nitrogen and oxygen atoms in total. The van der Waals surface area contributed by atoms with E-state index in [1.807, 2.05) is 0 Å². The molecule has 2 aliphatic carbocycles. The minimum atomic E-state index is -1.33. The fourth-order valence-electron chi connectivity index (χ4n) is 8.14. The molecule has 0 aromatic carbocycles. The van der Waals surface area contributed by atoms with Crippen molar-refractivity contribution in [1.29, 1.82) is 0 Å². The predicted octanol–water partition coefficient (Wildman–Crippen LogP) is -7.94. The number of methoxy groups -OCH3 is 2. The topological polar surface area (TPSA) is 180 Å². The van der Waals surface area contributed by atoms with Gasteiger partial charge >= 0.3 is 80.9 Å². The number of β-lactam (4-membered cyclic amide) rings is 2. The van der Waals surface area contributed by atoms with E-state index in [-0.39, 0.29) is 140 Å². The molecule has 2 N–H and O–H groups in total. The van der Waals surface area contributed by atoms with Gasteiger partial charge in [0.15, 0.2) is 0 Å². The number of amides is 2. The van der Waals surface area contributed by atoms with Gasteiger partial charge in [0, 0.05) is 26.1 Å². The van der Waals surface area contributed by atoms with Crippen LogP contribution in [0.1, 0.15) is 52.4 Å². The average Bonchev–Trinajstić information content (AvgIpc) is 3.37. The van der Waals surface area contributed by atoms with Crippen LogP contribution < -0.4 is 91.2 Å². The summed E-state index contributed by atoms with van der Waals surface area (Å²) >= 11 is 0. The quantitative estimate of drug-likeness (QED) is 0.213. The zero-order valence-electron chi connectivity index (χ0n) is 25.1. The molecule has 0 radical (unpaired) electrons. The van der Waals surface area contributed by atoms with Crippen LogP contribution in [-0.4, -0.2) is 94.5 Å². The zero-order chi connectivity index (χ0) is 29.2. The molecule has 14 heteroatoms. The van der Waals surface area contributed by atoms with Gasteiger partial charge in [0.1, 0.15) is 0 Å². The van der Waals surface area contributed by atoms with Crippen LogP contribution in [0.5, 0.6) is 0 Å². The van der Waals surface area contributed by atoms with Crippen LogP contribution in [0.25, 0.3) is 0 Å². The Hall–Kier alpha value is -0.164. The largest absolute Gasteiger partial charge is 1.00 e. The summed E-state index contributed by atoms with van der Waals surface area (Å²) in [5, 5.41) is 42.4. The molecule has 0 aromatic rings. The van der Waals surface area contributed by atoms with E-state index in [2.05, 4.69) is 0 Å². The van der Waals surface area contributed by atoms with Gasteiger partial charge in [0.25, 0.3) is 0 Å². The fourth-order valence-corrected chi connectivity index (χ4v) is 8.14. The number of aliphatic hydroxyl groups is 2. The fraction of sp³-hybridized carbons (Fsp3) is 0.714. The Morgan fingerprint density at radius 3 is 1.36 bits per heavy atom. The number of aliphatic carboxylic acids is 2. The second-order valence-corrected chi connectivity index (χ2v) is 11.6. The van der Waals surface area contributed by atoms with Gasteiger partial charge in [-0.2, -0.15) is 0 Å². The molecule has 42 heavy (non-hydrogen) atoms. The summed E-state index contributed by atoms with van der Waals surface area (Å²) in [6, 6.07) is -0.494. The van der Waals surface area contributed by atoms with E-state index < -0.39 is 36.0 Å². The number of hydrogen-bond donors (Lipinski definition) is 2. The number of ether oxygens (including phenoxy) is 2. The monoisotopic (exact) mass is 622 g/mol. The van der Waals surface area contributed by atoms with E-state index in [4.69, 9.17) is 9.47 Å². The first kappa shape index (κ1) is 36.3. The Balaban J connectivity index is 0.000000220. The number of nitrogens with zero attached hydrogens (tertiary/aromatic N) is 2. The van der Waals surface area contributed by atoms with Crippen molar-refractivity contribution in [2.75, 3.05) is 14.2 Å². The molecule has 4 aliphatic heterocycles. The van der Waals surface area contributed by atoms with E-state index in [0.717, 1.165) is 38.5 Å². The Bertz CT molecular complexity index is 1100. The van der Waals surface area contributed by atoms with Crippen LogP contribution in [0.3, 0.4) is 0 Å². The maximum Gasteiger partial charge on any atom is 1.00 e. The second kappa shape index (κ2) is 14.1. The van der Waals surface area contributed by atoms with Crippen molar-refractivity contribution in [1.82, 2.24) is 9.80 Å². The van der Waals surface area contributed by atoms with Gasteiger partial charge in [0.05, 0.1) is 71.7 Å². The molecule has 4 heterocycles. The molecular weight excluding hydrogens is 586 g/mol. The van der Waals surface area contributed by atoms with Crippen LogP contribution >= 0.6 is 0 Å². The molecule has 0 bridgehead atoms. The van der Waals surface area contributed by atoms with Gasteiger partial charge < -0.3 is 49.3 Å². The van der Waals surface area contributed by atoms with E-state index in [0.29, 0.717) is 11.1 Å². The summed E-state index contributed by atoms with van der Waals surface area (Å²) in [5.74, 6) is -4.37. The van der Waals surface area contributed by atoms with Gasteiger partial charge in [-0.3, -0.25) is 9.59 Å². The summed E-state index contributed by atoms with van der Waals surface area (Å²) in [5.41, 5.74) is 1.32. The molecule has 10 atom stereocenters. The summed E-state index contributed by atoms with van der Waals surface area (Å²) in [6.45, 7) is 3.15. The third-order valence-electron chi connectivity index (χ3n) is 9.68. The van der Waals surface area contributed by atoms with Crippen LogP contribution in [0, 0.1) is 23.7 Å². The molecule has 6 rings (SSSR count). The number of carbonyl (C=O) groups excluding carboxylic acids is 4. The van der Waals surface area contributed by atoms with Gasteiger partial charge in [-0.25, -0.2) is 0 Å². The van der Waals surface area contributed by atoms with Crippen molar-refractivity contribution >= 4 is 23.8 Å². The number of rotatable bonds is 6. The number of fused-ring (bicyclic) bond motifs is 6. The number of carbonyl (C=O) groups is 4. The van der Waals surface area contributed by atoms with Crippen molar-refractivity contribution in [2.24, 2.45) is 23.7 Å². The Kier molecular flexibility index (Phi) is 12.2. The first-order valence-electron chi connectivity index (χ1n) is 14.0. The molecule has 4 fully saturated rings. The maximum absolute atomic E-state index is 12.1. The normalized spacial score (nSPS) is 35.6. The van der Waals surface area contributed by atoms with Crippen molar-refractivity contribution in [3.8, 4) is 0 Å². The van der Waals surface area contributed by atoms with Crippen LogP contribution in [0.15, 0.2) is 22.5 Å². The summed E-state index contributed by atoms with van der Waals surface area (Å²) in [6.07, 6.45) is 2.94. The standard InChI is InChI=1S/2C14H19NO5.K.Na/c2*1-6(16)9-11-7-4-3-5-8(20-2)10(7)12(14(18)19)15(11)13(9)17;;/h2*6-9,11,16H,3-5H2,1-2H3,(H,18,19);;/q;;2*+1/p-2/t2*6-,7+,8+,9-,11-;;/m11../s1. The van der Waals surface area contributed by atoms with E-state index in [1.54, 1.807) is 28.1 Å². The number of carboxylic acid groups (broad SMARTS) is 2. The molecule has 6 aliphatic rings. The van der Waals surface area contributed by atoms with Crippen LogP contribution in [0.2, 0.25) is 0 Å². The molecule has 2 amide bonds. The van der Waals surface area contributed by atoms with Crippen LogP contribution in [0.4, 0.5) is 0 Å². The number of carboxylic acids is 2. The molecule has 2 saturated heterocycles. The van der Waals surface area contributed by atoms with Gasteiger partial charge in [-0.05, 0) is 63.5 Å². The predicted molar refractivity (Wildman–Crippen MR) is 132 cm³/mol. The Morgan fingerprint density at radius 2 is 1.10 bits per heavy atom. The van der Waals surface area contributed by atoms with E-state index >= 15 is 0 Å². The molecule has 0 unspecified atom stereocenters. The van der Waals surface area contributed by atoms with Crippen molar-refractivity contribution in [3.63, 3.8) is 0 Å². The molecule has 0 spiro atoms. The first-order chi connectivity index (χ1) is 19.0. The van der Waals surface area contributed by atoms with Crippen molar-refractivity contribution in [2.45, 2.75) is 88.9 Å². The number of hydrogen-bond acceptors (Lipinski definition) is 10. The molecule has 2 saturated carbocycles. The molecule has 220 valence electrons. The SMILES string of the molecule is CO[C@H]1CCC[C@H]2C1=C(C(=O)[O-])N1C(=O)[C@H]([C@@H](C)O)[C@@H]21.CO[C@H]1CCC[C@H]2C1=C(C(=O)[O-])N1C(=O)[C@H]([C@@H](C)O)[C@@H]21.[K+].[Na+]. The van der Waals surface area contributed by atoms with Gasteiger partial charge in [-0.15, -0.1) is 0 Å². The molecular formula is C28H36KN2NaO10. The van der Waals surface area contributed by atoms with E-state index in [9.17, 15) is 39.6 Å².